The molecule has 1 aromatic carbocycles. The maximum atomic E-state index is 12.8. The highest BCUT2D eigenvalue weighted by atomic mass is 35.5. The molecule has 1 amide bonds. The standard InChI is InChI=1S/C20H28ClN5O5/c1-30-16-9-13(22)12(21)8-11(16)18(27)23-14-5-7-26(10-17(14)31-2)6-3-4-15-19(28)25-20(29)24-15/h8-9,14,17,28H,3-7,10,22H2,1-2H3,(H,23,27)(H2,24,25,29). The topological polar surface area (TPSA) is 146 Å². The minimum atomic E-state index is -0.414. The SMILES string of the molecule is COc1cc(N)c(Cl)cc1C(=O)NC1CCN(CCCc2[nH]c(=O)[nH]c2O)CC1OC. The third-order valence-corrected chi connectivity index (χ3v) is 5.84. The lowest BCUT2D eigenvalue weighted by atomic mass is 10.0. The second-order valence-electron chi connectivity index (χ2n) is 7.53. The van der Waals surface area contributed by atoms with Gasteiger partial charge in [-0.2, -0.15) is 0 Å². The molecule has 170 valence electrons. The Bertz CT molecular complexity index is 975. The smallest absolute Gasteiger partial charge is 0.325 e. The van der Waals surface area contributed by atoms with Crippen molar-refractivity contribution in [3.05, 3.63) is 38.9 Å². The molecule has 2 aromatic rings. The number of aryl methyl sites for hydroxylation is 1. The Balaban J connectivity index is 1.56. The van der Waals surface area contributed by atoms with E-state index in [1.807, 2.05) is 0 Å². The maximum Gasteiger partial charge on any atom is 0.325 e. The van der Waals surface area contributed by atoms with Gasteiger partial charge in [-0.15, -0.1) is 0 Å². The molecule has 1 aliphatic rings. The molecule has 2 heterocycles. The number of imidazole rings is 1. The summed E-state index contributed by atoms with van der Waals surface area (Å²) in [5.41, 5.74) is 6.55. The van der Waals surface area contributed by atoms with Crippen LogP contribution >= 0.6 is 11.6 Å². The van der Waals surface area contributed by atoms with Crippen LogP contribution in [0.15, 0.2) is 16.9 Å². The minimum absolute atomic E-state index is 0.112. The fourth-order valence-corrected chi connectivity index (χ4v) is 3.98. The van der Waals surface area contributed by atoms with Crippen LogP contribution in [0.1, 0.15) is 28.9 Å². The van der Waals surface area contributed by atoms with Crippen molar-refractivity contribution in [3.8, 4) is 11.6 Å². The number of nitrogens with one attached hydrogen (secondary N) is 3. The minimum Gasteiger partial charge on any atom is -0.496 e. The third kappa shape index (κ3) is 5.52. The Morgan fingerprint density at radius 3 is 2.81 bits per heavy atom. The van der Waals surface area contributed by atoms with Gasteiger partial charge in [-0.25, -0.2) is 4.79 Å². The van der Waals surface area contributed by atoms with Crippen LogP contribution in [-0.2, 0) is 11.2 Å². The van der Waals surface area contributed by atoms with E-state index in [-0.39, 0.29) is 23.9 Å². The normalized spacial score (nSPS) is 19.3. The van der Waals surface area contributed by atoms with Crippen molar-refractivity contribution < 1.29 is 19.4 Å². The fraction of sp³-hybridized carbons (Fsp3) is 0.500. The molecule has 3 rings (SSSR count). The van der Waals surface area contributed by atoms with Crippen LogP contribution in [-0.4, -0.2) is 71.9 Å². The zero-order valence-corrected chi connectivity index (χ0v) is 18.3. The first kappa shape index (κ1) is 23.0. The van der Waals surface area contributed by atoms with Gasteiger partial charge in [0.15, 0.2) is 0 Å². The molecule has 1 fully saturated rings. The van der Waals surface area contributed by atoms with Gasteiger partial charge in [0.2, 0.25) is 5.88 Å². The molecule has 1 saturated heterocycles. The van der Waals surface area contributed by atoms with E-state index in [1.54, 1.807) is 7.11 Å². The number of aromatic hydroxyl groups is 1. The molecule has 6 N–H and O–H groups in total. The lowest BCUT2D eigenvalue weighted by Gasteiger charge is -2.38. The molecule has 10 nitrogen and oxygen atoms in total. The number of H-pyrrole nitrogens is 2. The van der Waals surface area contributed by atoms with Crippen molar-refractivity contribution in [2.45, 2.75) is 31.4 Å². The van der Waals surface area contributed by atoms with E-state index >= 15 is 0 Å². The van der Waals surface area contributed by atoms with Crippen LogP contribution in [0, 0.1) is 0 Å². The molecule has 2 atom stereocenters. The van der Waals surface area contributed by atoms with Gasteiger partial charge in [0.05, 0.1) is 41.2 Å². The largest absolute Gasteiger partial charge is 0.496 e. The summed E-state index contributed by atoms with van der Waals surface area (Å²) < 4.78 is 10.9. The molecule has 1 aliphatic heterocycles. The summed E-state index contributed by atoms with van der Waals surface area (Å²) >= 11 is 6.08. The lowest BCUT2D eigenvalue weighted by Crippen LogP contribution is -2.55. The quantitative estimate of drug-likeness (QED) is 0.376. The number of methoxy groups -OCH3 is 2. The van der Waals surface area contributed by atoms with Crippen molar-refractivity contribution in [1.29, 1.82) is 0 Å². The number of halogens is 1. The number of nitrogen functional groups attached to an aromatic ring is 1. The molecule has 0 saturated carbocycles. The Kier molecular flexibility index (Phi) is 7.47. The zero-order chi connectivity index (χ0) is 22.5. The summed E-state index contributed by atoms with van der Waals surface area (Å²) in [6.07, 6.45) is 1.84. The van der Waals surface area contributed by atoms with Gasteiger partial charge in [-0.1, -0.05) is 11.6 Å². The number of anilines is 1. The van der Waals surface area contributed by atoms with Crippen LogP contribution < -0.4 is 21.5 Å². The second kappa shape index (κ2) is 10.1. The Morgan fingerprint density at radius 2 is 2.16 bits per heavy atom. The number of aromatic nitrogens is 2. The van der Waals surface area contributed by atoms with E-state index in [4.69, 9.17) is 26.8 Å². The average Bonchev–Trinajstić information content (AvgIpc) is 3.07. The van der Waals surface area contributed by atoms with Gasteiger partial charge >= 0.3 is 5.69 Å². The predicted molar refractivity (Wildman–Crippen MR) is 117 cm³/mol. The van der Waals surface area contributed by atoms with Gasteiger partial charge < -0.3 is 35.5 Å². The number of nitrogens with two attached hydrogens (primary N) is 1. The summed E-state index contributed by atoms with van der Waals surface area (Å²) in [6.45, 7) is 2.20. The molecule has 0 aliphatic carbocycles. The van der Waals surface area contributed by atoms with Crippen LogP contribution in [0.5, 0.6) is 11.6 Å². The number of benzene rings is 1. The van der Waals surface area contributed by atoms with Crippen LogP contribution in [0.4, 0.5) is 5.69 Å². The molecule has 0 spiro atoms. The highest BCUT2D eigenvalue weighted by Gasteiger charge is 2.31. The summed E-state index contributed by atoms with van der Waals surface area (Å²) in [6, 6.07) is 2.87. The Labute approximate surface area is 184 Å². The van der Waals surface area contributed by atoms with Crippen LogP contribution in [0.3, 0.4) is 0 Å². The number of amides is 1. The van der Waals surface area contributed by atoms with Crippen LogP contribution in [0.25, 0.3) is 0 Å². The van der Waals surface area contributed by atoms with E-state index < -0.39 is 5.69 Å². The number of hydrogen-bond donors (Lipinski definition) is 5. The van der Waals surface area contributed by atoms with Crippen molar-refractivity contribution in [2.75, 3.05) is 39.6 Å². The number of aromatic amines is 2. The van der Waals surface area contributed by atoms with Crippen LogP contribution in [0.2, 0.25) is 5.02 Å². The Morgan fingerprint density at radius 1 is 1.39 bits per heavy atom. The number of nitrogens with zero attached hydrogens (tertiary/aromatic N) is 1. The van der Waals surface area contributed by atoms with Crippen molar-refractivity contribution >= 4 is 23.2 Å². The highest BCUT2D eigenvalue weighted by molar-refractivity contribution is 6.33. The first-order valence-corrected chi connectivity index (χ1v) is 10.4. The van der Waals surface area contributed by atoms with Gasteiger partial charge in [-0.05, 0) is 31.9 Å². The van der Waals surface area contributed by atoms with Crippen molar-refractivity contribution in [2.24, 2.45) is 0 Å². The lowest BCUT2D eigenvalue weighted by molar-refractivity contribution is 0.00613. The van der Waals surface area contributed by atoms with E-state index in [9.17, 15) is 14.7 Å². The summed E-state index contributed by atoms with van der Waals surface area (Å²) in [5, 5.41) is 13.0. The van der Waals surface area contributed by atoms with Crippen molar-refractivity contribution in [3.63, 3.8) is 0 Å². The molecular weight excluding hydrogens is 426 g/mol. The molecule has 31 heavy (non-hydrogen) atoms. The van der Waals surface area contributed by atoms with E-state index in [0.717, 1.165) is 19.5 Å². The zero-order valence-electron chi connectivity index (χ0n) is 17.5. The maximum absolute atomic E-state index is 12.8. The molecular formula is C20H28ClN5O5. The third-order valence-electron chi connectivity index (χ3n) is 5.51. The number of likely N-dealkylation sites (tertiary alicyclic amines) is 1. The molecule has 0 radical (unpaired) electrons. The predicted octanol–water partition coefficient (Wildman–Crippen LogP) is 1.10. The summed E-state index contributed by atoms with van der Waals surface area (Å²) in [5.74, 6) is -0.0534. The van der Waals surface area contributed by atoms with E-state index in [1.165, 1.54) is 19.2 Å². The van der Waals surface area contributed by atoms with E-state index in [2.05, 4.69) is 20.2 Å². The van der Waals surface area contributed by atoms with Gasteiger partial charge in [-0.3, -0.25) is 9.78 Å². The monoisotopic (exact) mass is 453 g/mol. The fourth-order valence-electron chi connectivity index (χ4n) is 3.82. The highest BCUT2D eigenvalue weighted by Crippen LogP contribution is 2.29. The number of ether oxygens (including phenoxy) is 2. The van der Waals surface area contributed by atoms with Gasteiger partial charge in [0.1, 0.15) is 5.75 Å². The number of carbonyl (C=O) groups is 1. The van der Waals surface area contributed by atoms with Gasteiger partial charge in [0, 0.05) is 26.3 Å². The van der Waals surface area contributed by atoms with E-state index in [0.29, 0.717) is 47.1 Å². The number of rotatable bonds is 8. The summed E-state index contributed by atoms with van der Waals surface area (Å²) in [4.78, 5) is 31.2. The average molecular weight is 454 g/mol. The van der Waals surface area contributed by atoms with Crippen molar-refractivity contribution in [1.82, 2.24) is 20.2 Å². The molecule has 2 unspecified atom stereocenters. The number of hydrogen-bond acceptors (Lipinski definition) is 7. The first-order chi connectivity index (χ1) is 14.8. The summed E-state index contributed by atoms with van der Waals surface area (Å²) in [7, 11) is 3.09. The molecule has 1 aromatic heterocycles. The Hall–Kier alpha value is -2.69. The number of carbonyl (C=O) groups excluding carboxylic acids is 1. The second-order valence-corrected chi connectivity index (χ2v) is 7.93. The molecule has 11 heteroatoms. The first-order valence-electron chi connectivity index (χ1n) is 10.0. The van der Waals surface area contributed by atoms with Gasteiger partial charge in [0.25, 0.3) is 5.91 Å². The molecule has 0 bridgehead atoms. The number of piperidine rings is 1.